The summed E-state index contributed by atoms with van der Waals surface area (Å²) in [6, 6.07) is 13.2. The zero-order valence-electron chi connectivity index (χ0n) is 18.4. The minimum atomic E-state index is -0.322. The fourth-order valence-corrected chi connectivity index (χ4v) is 4.59. The lowest BCUT2D eigenvalue weighted by Crippen LogP contribution is -2.48. The first kappa shape index (κ1) is 22.2. The number of rotatable bonds is 6. The molecular weight excluding hydrogens is 406 g/mol. The number of H-pyrrole nitrogens is 1. The zero-order valence-corrected chi connectivity index (χ0v) is 18.4. The van der Waals surface area contributed by atoms with E-state index in [1.165, 1.54) is 17.7 Å². The van der Waals surface area contributed by atoms with Gasteiger partial charge in [0.15, 0.2) is 0 Å². The topological polar surface area (TPSA) is 89.6 Å². The summed E-state index contributed by atoms with van der Waals surface area (Å²) in [5, 5.41) is 6.17. The molecule has 2 aliphatic rings. The van der Waals surface area contributed by atoms with Crippen LogP contribution >= 0.6 is 0 Å². The number of hydrogen-bond donors (Lipinski definition) is 1. The number of amides is 2. The Morgan fingerprint density at radius 3 is 2.47 bits per heavy atom. The van der Waals surface area contributed by atoms with Gasteiger partial charge in [-0.15, -0.1) is 0 Å². The Bertz CT molecular complexity index is 949. The summed E-state index contributed by atoms with van der Waals surface area (Å²) in [6.45, 7) is 5.61. The molecule has 2 aliphatic heterocycles. The van der Waals surface area contributed by atoms with Gasteiger partial charge in [0.05, 0.1) is 0 Å². The van der Waals surface area contributed by atoms with Crippen molar-refractivity contribution in [1.29, 1.82) is 0 Å². The Balaban J connectivity index is 1.20. The maximum atomic E-state index is 12.8. The third-order valence-corrected chi connectivity index (χ3v) is 6.44. The number of likely N-dealkylation sites (tertiary alicyclic amines) is 1. The molecule has 2 aromatic rings. The molecule has 0 bridgehead atoms. The number of piperazine rings is 1. The summed E-state index contributed by atoms with van der Waals surface area (Å²) in [5.41, 5.74) is 1.24. The van der Waals surface area contributed by atoms with Crippen molar-refractivity contribution in [1.82, 2.24) is 24.9 Å². The van der Waals surface area contributed by atoms with E-state index < -0.39 is 0 Å². The molecule has 1 atom stereocenters. The van der Waals surface area contributed by atoms with Crippen LogP contribution in [-0.4, -0.2) is 76.0 Å². The van der Waals surface area contributed by atoms with Gasteiger partial charge in [0.2, 0.25) is 5.91 Å². The number of nitrogens with zero attached hydrogens (tertiary/aromatic N) is 4. The van der Waals surface area contributed by atoms with E-state index in [0.29, 0.717) is 25.4 Å². The van der Waals surface area contributed by atoms with Gasteiger partial charge in [-0.1, -0.05) is 30.3 Å². The van der Waals surface area contributed by atoms with E-state index in [-0.39, 0.29) is 23.1 Å². The highest BCUT2D eigenvalue weighted by Gasteiger charge is 2.27. The summed E-state index contributed by atoms with van der Waals surface area (Å²) in [6.07, 6.45) is 3.28. The second-order valence-electron chi connectivity index (χ2n) is 8.75. The van der Waals surface area contributed by atoms with E-state index in [4.69, 9.17) is 0 Å². The lowest BCUT2D eigenvalue weighted by molar-refractivity contribution is -0.133. The van der Waals surface area contributed by atoms with Gasteiger partial charge >= 0.3 is 0 Å². The molecule has 0 radical (unpaired) electrons. The van der Waals surface area contributed by atoms with Crippen LogP contribution in [0.5, 0.6) is 0 Å². The fraction of sp³-hybridized carbons (Fsp3) is 0.500. The van der Waals surface area contributed by atoms with Crippen LogP contribution in [-0.2, 0) is 11.3 Å². The molecule has 1 aromatic carbocycles. The summed E-state index contributed by atoms with van der Waals surface area (Å²) < 4.78 is 0. The van der Waals surface area contributed by atoms with Crippen LogP contribution in [0.25, 0.3) is 0 Å². The second-order valence-corrected chi connectivity index (χ2v) is 8.75. The molecule has 1 N–H and O–H groups in total. The number of nitrogens with one attached hydrogen (secondary N) is 1. The van der Waals surface area contributed by atoms with E-state index >= 15 is 0 Å². The molecule has 2 amide bonds. The quantitative estimate of drug-likeness (QED) is 0.744. The van der Waals surface area contributed by atoms with E-state index in [1.807, 2.05) is 11.0 Å². The van der Waals surface area contributed by atoms with Gasteiger partial charge in [-0.3, -0.25) is 19.3 Å². The number of carbonyl (C=O) groups is 2. The molecule has 170 valence electrons. The van der Waals surface area contributed by atoms with Crippen molar-refractivity contribution in [3.63, 3.8) is 0 Å². The largest absolute Gasteiger partial charge is 0.340 e. The average Bonchev–Trinajstić information content (AvgIpc) is 2.84. The number of piperidine rings is 1. The van der Waals surface area contributed by atoms with Gasteiger partial charge in [0.25, 0.3) is 11.5 Å². The molecule has 32 heavy (non-hydrogen) atoms. The lowest BCUT2D eigenvalue weighted by atomic mass is 9.93. The molecule has 3 heterocycles. The maximum Gasteiger partial charge on any atom is 0.274 e. The molecule has 1 aromatic heterocycles. The van der Waals surface area contributed by atoms with Crippen LogP contribution in [0.2, 0.25) is 0 Å². The highest BCUT2D eigenvalue weighted by atomic mass is 16.2. The van der Waals surface area contributed by atoms with Crippen LogP contribution in [0.4, 0.5) is 0 Å². The Morgan fingerprint density at radius 2 is 1.75 bits per heavy atom. The van der Waals surface area contributed by atoms with Gasteiger partial charge in [-0.2, -0.15) is 5.10 Å². The lowest BCUT2D eigenvalue weighted by Gasteiger charge is -2.36. The second kappa shape index (κ2) is 10.5. The minimum absolute atomic E-state index is 0.160. The number of benzene rings is 1. The molecule has 0 saturated carbocycles. The predicted octanol–water partition coefficient (Wildman–Crippen LogP) is 1.75. The number of aromatic nitrogens is 2. The normalized spacial score (nSPS) is 19.7. The molecular formula is C24H31N5O3. The standard InChI is InChI=1S/C24H31N5O3/c30-22-10-9-21(25-26-22)24(32)29-12-4-7-20(18-29)8-11-23(31)28-15-13-27(14-16-28)17-19-5-2-1-3-6-19/h1-3,5-6,9-10,20H,4,7-8,11-18H2,(H,26,30)/t20-/m0/s1. The highest BCUT2D eigenvalue weighted by molar-refractivity contribution is 5.92. The van der Waals surface area contributed by atoms with Gasteiger partial charge in [-0.25, -0.2) is 5.10 Å². The van der Waals surface area contributed by atoms with Crippen molar-refractivity contribution in [3.05, 3.63) is 64.1 Å². The monoisotopic (exact) mass is 437 g/mol. The Labute approximate surface area is 188 Å². The van der Waals surface area contributed by atoms with Crippen molar-refractivity contribution >= 4 is 11.8 Å². The number of aromatic amines is 1. The summed E-state index contributed by atoms with van der Waals surface area (Å²) >= 11 is 0. The summed E-state index contributed by atoms with van der Waals surface area (Å²) in [7, 11) is 0. The molecule has 0 unspecified atom stereocenters. The number of carbonyl (C=O) groups excluding carboxylic acids is 2. The zero-order chi connectivity index (χ0) is 22.3. The van der Waals surface area contributed by atoms with Crippen molar-refractivity contribution < 1.29 is 9.59 Å². The molecule has 2 saturated heterocycles. The van der Waals surface area contributed by atoms with E-state index in [2.05, 4.69) is 39.4 Å². The third-order valence-electron chi connectivity index (χ3n) is 6.44. The molecule has 2 fully saturated rings. The molecule has 0 spiro atoms. The van der Waals surface area contributed by atoms with Crippen molar-refractivity contribution in [2.24, 2.45) is 5.92 Å². The van der Waals surface area contributed by atoms with Crippen LogP contribution in [0.1, 0.15) is 41.7 Å². The molecule has 0 aliphatic carbocycles. The smallest absolute Gasteiger partial charge is 0.274 e. The predicted molar refractivity (Wildman–Crippen MR) is 121 cm³/mol. The SMILES string of the molecule is O=C(CC[C@@H]1CCCN(C(=O)c2ccc(=O)[nH]n2)C1)N1CCN(Cc2ccccc2)CC1. The average molecular weight is 438 g/mol. The van der Waals surface area contributed by atoms with E-state index in [0.717, 1.165) is 52.0 Å². The fourth-order valence-electron chi connectivity index (χ4n) is 4.59. The molecule has 8 nitrogen and oxygen atoms in total. The van der Waals surface area contributed by atoms with E-state index in [1.54, 1.807) is 4.90 Å². The van der Waals surface area contributed by atoms with Gasteiger partial charge < -0.3 is 9.80 Å². The highest BCUT2D eigenvalue weighted by Crippen LogP contribution is 2.23. The molecule has 8 heteroatoms. The van der Waals surface area contributed by atoms with Gasteiger partial charge in [0.1, 0.15) is 5.69 Å². The van der Waals surface area contributed by atoms with Crippen LogP contribution in [0.3, 0.4) is 0 Å². The maximum absolute atomic E-state index is 12.8. The third kappa shape index (κ3) is 5.82. The first-order valence-electron chi connectivity index (χ1n) is 11.5. The first-order valence-corrected chi connectivity index (χ1v) is 11.5. The van der Waals surface area contributed by atoms with E-state index in [9.17, 15) is 14.4 Å². The van der Waals surface area contributed by atoms with Crippen molar-refractivity contribution in [3.8, 4) is 0 Å². The van der Waals surface area contributed by atoms with Crippen molar-refractivity contribution in [2.45, 2.75) is 32.2 Å². The number of hydrogen-bond acceptors (Lipinski definition) is 5. The van der Waals surface area contributed by atoms with Gasteiger partial charge in [-0.05, 0) is 36.8 Å². The first-order chi connectivity index (χ1) is 15.6. The van der Waals surface area contributed by atoms with Crippen molar-refractivity contribution in [2.75, 3.05) is 39.3 Å². The van der Waals surface area contributed by atoms with Crippen LogP contribution in [0.15, 0.2) is 47.3 Å². The minimum Gasteiger partial charge on any atom is -0.340 e. The summed E-state index contributed by atoms with van der Waals surface area (Å²) in [4.78, 5) is 42.8. The van der Waals surface area contributed by atoms with Gasteiger partial charge in [0, 0.05) is 58.3 Å². The Hall–Kier alpha value is -3.00. The van der Waals surface area contributed by atoms with Crippen LogP contribution in [0, 0.1) is 5.92 Å². The van der Waals surface area contributed by atoms with Crippen LogP contribution < -0.4 is 5.56 Å². The Morgan fingerprint density at radius 1 is 0.969 bits per heavy atom. The molecule has 4 rings (SSSR count). The summed E-state index contributed by atoms with van der Waals surface area (Å²) in [5.74, 6) is 0.376. The Kier molecular flexibility index (Phi) is 7.32.